The molecule has 1 heterocycles. The fourth-order valence-corrected chi connectivity index (χ4v) is 4.90. The quantitative estimate of drug-likeness (QED) is 0.524. The molecule has 1 aliphatic heterocycles. The molecule has 2 aromatic rings. The van der Waals surface area contributed by atoms with Crippen LogP contribution in [0.2, 0.25) is 0 Å². The first-order valence-corrected chi connectivity index (χ1v) is 12.1. The summed E-state index contributed by atoms with van der Waals surface area (Å²) in [6.07, 6.45) is 0.0781. The number of esters is 1. The smallest absolute Gasteiger partial charge is 0.332 e. The molecule has 0 bridgehead atoms. The van der Waals surface area contributed by atoms with E-state index in [9.17, 15) is 4.79 Å². The van der Waals surface area contributed by atoms with Crippen molar-refractivity contribution in [3.8, 4) is 0 Å². The second kappa shape index (κ2) is 10.2. The molecule has 4 unspecified atom stereocenters. The molecule has 0 aromatic heterocycles. The monoisotopic (exact) mass is 467 g/mol. The molecular weight excluding hydrogens is 430 g/mol. The van der Waals surface area contributed by atoms with Gasteiger partial charge in [-0.05, 0) is 52.2 Å². The third-order valence-corrected chi connectivity index (χ3v) is 6.14. The molecule has 4 rings (SSSR count). The maximum Gasteiger partial charge on any atom is 0.332 e. The fraction of sp³-hybridized carbons (Fsp3) is 0.536. The SMILES string of the molecule is CC(C)(C)OC(=O)COC1CC(N(Cc2ccccc2)Cc2ccccc2)C2OC(C)(C)OC12. The second-order valence-electron chi connectivity index (χ2n) is 10.7. The van der Waals surface area contributed by atoms with E-state index in [0.29, 0.717) is 6.42 Å². The van der Waals surface area contributed by atoms with Gasteiger partial charge in [0.2, 0.25) is 0 Å². The van der Waals surface area contributed by atoms with Crippen molar-refractivity contribution < 1.29 is 23.7 Å². The number of benzene rings is 2. The molecule has 1 aliphatic carbocycles. The Morgan fingerprint density at radius 1 is 0.941 bits per heavy atom. The van der Waals surface area contributed by atoms with Crippen molar-refractivity contribution in [2.45, 2.75) is 89.9 Å². The Morgan fingerprint density at radius 3 is 2.00 bits per heavy atom. The number of hydrogen-bond acceptors (Lipinski definition) is 6. The molecule has 2 aliphatic rings. The Balaban J connectivity index is 1.54. The number of carbonyl (C=O) groups is 1. The minimum Gasteiger partial charge on any atom is -0.458 e. The Morgan fingerprint density at radius 2 is 1.47 bits per heavy atom. The lowest BCUT2D eigenvalue weighted by Crippen LogP contribution is -2.42. The number of hydrogen-bond donors (Lipinski definition) is 0. The normalized spacial score (nSPS) is 25.9. The van der Waals surface area contributed by atoms with Crippen LogP contribution in [0.4, 0.5) is 0 Å². The number of ether oxygens (including phenoxy) is 4. The average Bonchev–Trinajstić information content (AvgIpc) is 3.25. The fourth-order valence-electron chi connectivity index (χ4n) is 4.90. The molecule has 34 heavy (non-hydrogen) atoms. The van der Waals surface area contributed by atoms with Gasteiger partial charge in [0.25, 0.3) is 0 Å². The Hall–Kier alpha value is -2.25. The minimum atomic E-state index is -0.702. The Labute approximate surface area is 203 Å². The highest BCUT2D eigenvalue weighted by molar-refractivity contribution is 5.71. The van der Waals surface area contributed by atoms with Crippen LogP contribution in [-0.2, 0) is 36.8 Å². The molecule has 0 radical (unpaired) electrons. The number of nitrogens with zero attached hydrogens (tertiary/aromatic N) is 1. The van der Waals surface area contributed by atoms with E-state index in [4.69, 9.17) is 18.9 Å². The minimum absolute atomic E-state index is 0.0795. The standard InChI is InChI=1S/C28H37NO5/c1-27(2,3)32-24(30)19-31-23-16-22(25-26(23)34-28(4,5)33-25)29(17-20-12-8-6-9-13-20)18-21-14-10-7-11-15-21/h6-15,22-23,25-26H,16-19H2,1-5H3. The van der Waals surface area contributed by atoms with Gasteiger partial charge in [0.1, 0.15) is 24.4 Å². The molecule has 6 nitrogen and oxygen atoms in total. The zero-order valence-electron chi connectivity index (χ0n) is 20.9. The molecule has 4 atom stereocenters. The van der Waals surface area contributed by atoms with E-state index in [1.165, 1.54) is 11.1 Å². The maximum absolute atomic E-state index is 12.3. The van der Waals surface area contributed by atoms with Crippen LogP contribution in [-0.4, -0.2) is 53.2 Å². The summed E-state index contributed by atoms with van der Waals surface area (Å²) < 4.78 is 24.2. The molecule has 0 spiro atoms. The van der Waals surface area contributed by atoms with Gasteiger partial charge < -0.3 is 18.9 Å². The van der Waals surface area contributed by atoms with Gasteiger partial charge in [0.05, 0.1) is 6.10 Å². The van der Waals surface area contributed by atoms with E-state index >= 15 is 0 Å². The van der Waals surface area contributed by atoms with Crippen LogP contribution in [0.1, 0.15) is 52.2 Å². The summed E-state index contributed by atoms with van der Waals surface area (Å²) in [5.74, 6) is -1.07. The van der Waals surface area contributed by atoms with Gasteiger partial charge in [0, 0.05) is 19.1 Å². The van der Waals surface area contributed by atoms with E-state index in [2.05, 4.69) is 53.4 Å². The average molecular weight is 468 g/mol. The van der Waals surface area contributed by atoms with Gasteiger partial charge in [-0.15, -0.1) is 0 Å². The lowest BCUT2D eigenvalue weighted by molar-refractivity contribution is -0.179. The van der Waals surface area contributed by atoms with Gasteiger partial charge in [-0.25, -0.2) is 4.79 Å². The summed E-state index contributed by atoms with van der Waals surface area (Å²) in [5, 5.41) is 0. The van der Waals surface area contributed by atoms with E-state index in [-0.39, 0.29) is 36.9 Å². The predicted octanol–water partition coefficient (Wildman–Crippen LogP) is 4.71. The van der Waals surface area contributed by atoms with E-state index in [0.717, 1.165) is 13.1 Å². The number of fused-ring (bicyclic) bond motifs is 1. The van der Waals surface area contributed by atoms with Crippen LogP contribution in [0.15, 0.2) is 60.7 Å². The van der Waals surface area contributed by atoms with Crippen LogP contribution in [0.3, 0.4) is 0 Å². The third kappa shape index (κ3) is 6.45. The first-order chi connectivity index (χ1) is 16.1. The maximum atomic E-state index is 12.3. The first-order valence-electron chi connectivity index (χ1n) is 12.1. The molecule has 1 saturated carbocycles. The summed E-state index contributed by atoms with van der Waals surface area (Å²) in [7, 11) is 0. The van der Waals surface area contributed by atoms with Crippen molar-refractivity contribution in [2.24, 2.45) is 0 Å². The summed E-state index contributed by atoms with van der Waals surface area (Å²) in [4.78, 5) is 14.8. The van der Waals surface area contributed by atoms with Crippen LogP contribution in [0.25, 0.3) is 0 Å². The summed E-state index contributed by atoms with van der Waals surface area (Å²) in [6.45, 7) is 10.9. The lowest BCUT2D eigenvalue weighted by Gasteiger charge is -2.33. The second-order valence-corrected chi connectivity index (χ2v) is 10.7. The van der Waals surface area contributed by atoms with Gasteiger partial charge in [-0.1, -0.05) is 60.7 Å². The zero-order valence-corrected chi connectivity index (χ0v) is 20.9. The third-order valence-electron chi connectivity index (χ3n) is 6.14. The lowest BCUT2D eigenvalue weighted by atomic mass is 10.1. The highest BCUT2D eigenvalue weighted by Gasteiger charge is 2.56. The van der Waals surface area contributed by atoms with Crippen molar-refractivity contribution in [2.75, 3.05) is 6.61 Å². The topological polar surface area (TPSA) is 57.2 Å². The van der Waals surface area contributed by atoms with E-state index in [1.54, 1.807) is 0 Å². The van der Waals surface area contributed by atoms with Gasteiger partial charge in [-0.2, -0.15) is 0 Å². The highest BCUT2D eigenvalue weighted by atomic mass is 16.8. The zero-order chi connectivity index (χ0) is 24.3. The van der Waals surface area contributed by atoms with E-state index < -0.39 is 11.4 Å². The molecule has 0 amide bonds. The molecule has 184 valence electrons. The van der Waals surface area contributed by atoms with Crippen LogP contribution >= 0.6 is 0 Å². The van der Waals surface area contributed by atoms with Crippen molar-refractivity contribution in [1.82, 2.24) is 4.90 Å². The molecular formula is C28H37NO5. The first kappa shape index (κ1) is 24.9. The number of carbonyl (C=O) groups excluding carboxylic acids is 1. The van der Waals surface area contributed by atoms with Crippen LogP contribution in [0.5, 0.6) is 0 Å². The molecule has 0 N–H and O–H groups in total. The highest BCUT2D eigenvalue weighted by Crippen LogP contribution is 2.42. The van der Waals surface area contributed by atoms with Crippen LogP contribution < -0.4 is 0 Å². The van der Waals surface area contributed by atoms with Gasteiger partial charge in [-0.3, -0.25) is 4.90 Å². The van der Waals surface area contributed by atoms with Crippen molar-refractivity contribution >= 4 is 5.97 Å². The molecule has 2 fully saturated rings. The number of rotatable bonds is 8. The molecule has 1 saturated heterocycles. The molecule has 6 heteroatoms. The van der Waals surface area contributed by atoms with Crippen molar-refractivity contribution in [3.05, 3.63) is 71.8 Å². The van der Waals surface area contributed by atoms with Gasteiger partial charge in [0.15, 0.2) is 5.79 Å². The predicted molar refractivity (Wildman–Crippen MR) is 130 cm³/mol. The Kier molecular flexibility index (Phi) is 7.43. The largest absolute Gasteiger partial charge is 0.458 e. The van der Waals surface area contributed by atoms with Crippen molar-refractivity contribution in [1.29, 1.82) is 0 Å². The summed E-state index contributed by atoms with van der Waals surface area (Å²) >= 11 is 0. The van der Waals surface area contributed by atoms with Crippen LogP contribution in [0, 0.1) is 0 Å². The summed E-state index contributed by atoms with van der Waals surface area (Å²) in [5.41, 5.74) is 1.94. The van der Waals surface area contributed by atoms with Crippen molar-refractivity contribution in [3.63, 3.8) is 0 Å². The van der Waals surface area contributed by atoms with Gasteiger partial charge >= 0.3 is 5.97 Å². The van der Waals surface area contributed by atoms with E-state index in [1.807, 2.05) is 46.8 Å². The Bertz CT molecular complexity index is 899. The molecule has 2 aromatic carbocycles. The summed E-state index contributed by atoms with van der Waals surface area (Å²) in [6, 6.07) is 21.0.